The molecule has 0 N–H and O–H groups in total. The van der Waals surface area contributed by atoms with E-state index in [1.807, 2.05) is 34.9 Å². The first kappa shape index (κ1) is 17.1. The second-order valence-corrected chi connectivity index (χ2v) is 8.97. The Kier molecular flexibility index (Phi) is 5.13. The number of allylic oxidation sites excluding steroid dienone is 1. The minimum absolute atomic E-state index is 0.241. The second kappa shape index (κ2) is 7.50. The van der Waals surface area contributed by atoms with E-state index in [1.54, 1.807) is 6.20 Å². The number of carbonyl (C=O) groups excluding carboxylic acids is 1. The molecule has 134 valence electrons. The van der Waals surface area contributed by atoms with Gasteiger partial charge in [-0.1, -0.05) is 17.7 Å². The molecule has 0 aromatic carbocycles. The quantitative estimate of drug-likeness (QED) is 0.755. The van der Waals surface area contributed by atoms with Crippen LogP contribution in [0.1, 0.15) is 44.2 Å². The maximum absolute atomic E-state index is 12.5. The number of pyridine rings is 1. The summed E-state index contributed by atoms with van der Waals surface area (Å²) < 4.78 is 6.28. The van der Waals surface area contributed by atoms with Crippen LogP contribution in [-0.2, 0) is 16.1 Å². The second-order valence-electron chi connectivity index (χ2n) is 7.49. The zero-order valence-electron chi connectivity index (χ0n) is 14.7. The molecule has 2 aliphatic heterocycles. The molecule has 4 nitrogen and oxygen atoms in total. The number of carbonyl (C=O) groups is 1. The van der Waals surface area contributed by atoms with Gasteiger partial charge in [-0.3, -0.25) is 9.78 Å². The van der Waals surface area contributed by atoms with Gasteiger partial charge in [-0.25, -0.2) is 0 Å². The molecule has 1 spiro atoms. The van der Waals surface area contributed by atoms with Gasteiger partial charge in [0.2, 0.25) is 5.91 Å². The highest BCUT2D eigenvalue weighted by atomic mass is 32.2. The first-order valence-corrected chi connectivity index (χ1v) is 10.3. The SMILES string of the molecule is O=C(CC1=CCCCC1)N1CC2(C[C@H](OCc3ccccn3)CS2)C1. The molecular formula is C20H26N2O2S. The molecule has 1 aromatic heterocycles. The highest BCUT2D eigenvalue weighted by Gasteiger charge is 2.50. The number of ether oxygens (including phenoxy) is 1. The van der Waals surface area contributed by atoms with Crippen molar-refractivity contribution in [2.45, 2.75) is 56.0 Å². The van der Waals surface area contributed by atoms with Crippen LogP contribution in [-0.4, -0.2) is 45.5 Å². The summed E-state index contributed by atoms with van der Waals surface area (Å²) in [5.74, 6) is 1.34. The smallest absolute Gasteiger partial charge is 0.226 e. The van der Waals surface area contributed by atoms with Gasteiger partial charge in [-0.2, -0.15) is 0 Å². The van der Waals surface area contributed by atoms with E-state index in [9.17, 15) is 4.79 Å². The van der Waals surface area contributed by atoms with E-state index < -0.39 is 0 Å². The van der Waals surface area contributed by atoms with Gasteiger partial charge in [-0.05, 0) is 44.2 Å². The van der Waals surface area contributed by atoms with Gasteiger partial charge in [0.15, 0.2) is 0 Å². The lowest BCUT2D eigenvalue weighted by Crippen LogP contribution is -2.60. The summed E-state index contributed by atoms with van der Waals surface area (Å²) in [4.78, 5) is 18.8. The molecule has 0 bridgehead atoms. The molecular weight excluding hydrogens is 332 g/mol. The van der Waals surface area contributed by atoms with Crippen molar-refractivity contribution >= 4 is 17.7 Å². The Bertz CT molecular complexity index is 640. The number of hydrogen-bond acceptors (Lipinski definition) is 4. The molecule has 3 heterocycles. The molecule has 1 aromatic rings. The van der Waals surface area contributed by atoms with E-state index >= 15 is 0 Å². The highest BCUT2D eigenvalue weighted by Crippen LogP contribution is 2.46. The Morgan fingerprint density at radius 3 is 3.04 bits per heavy atom. The number of rotatable bonds is 5. The fraction of sp³-hybridized carbons (Fsp3) is 0.600. The summed E-state index contributed by atoms with van der Waals surface area (Å²) in [5, 5.41) is 0. The first-order chi connectivity index (χ1) is 12.2. The van der Waals surface area contributed by atoms with Crippen molar-refractivity contribution in [3.05, 3.63) is 41.7 Å². The fourth-order valence-electron chi connectivity index (χ4n) is 4.01. The standard InChI is InChI=1S/C20H26N2O2S/c23-19(10-16-6-2-1-3-7-16)22-14-20(15-22)11-18(13-25-20)24-12-17-8-4-5-9-21-17/h4-6,8-9,18H,1-3,7,10-15H2/t18-/m0/s1. The zero-order chi connectivity index (χ0) is 17.1. The normalized spacial score (nSPS) is 24.9. The van der Waals surface area contributed by atoms with E-state index in [2.05, 4.69) is 11.1 Å². The third kappa shape index (κ3) is 4.09. The van der Waals surface area contributed by atoms with Crippen molar-refractivity contribution in [1.82, 2.24) is 9.88 Å². The maximum atomic E-state index is 12.5. The van der Waals surface area contributed by atoms with Crippen LogP contribution in [0.15, 0.2) is 36.0 Å². The van der Waals surface area contributed by atoms with E-state index in [0.29, 0.717) is 18.9 Å². The molecule has 0 unspecified atom stereocenters. The van der Waals surface area contributed by atoms with Gasteiger partial charge in [-0.15, -0.1) is 11.8 Å². The lowest BCUT2D eigenvalue weighted by molar-refractivity contribution is -0.136. The van der Waals surface area contributed by atoms with Crippen molar-refractivity contribution in [3.63, 3.8) is 0 Å². The number of aromatic nitrogens is 1. The van der Waals surface area contributed by atoms with Crippen LogP contribution in [0.2, 0.25) is 0 Å². The third-order valence-electron chi connectivity index (χ3n) is 5.44. The monoisotopic (exact) mass is 358 g/mol. The Morgan fingerprint density at radius 2 is 2.28 bits per heavy atom. The van der Waals surface area contributed by atoms with Gasteiger partial charge in [0.05, 0.1) is 23.2 Å². The first-order valence-electron chi connectivity index (χ1n) is 9.34. The average molecular weight is 359 g/mol. The van der Waals surface area contributed by atoms with Gasteiger partial charge in [0.1, 0.15) is 0 Å². The number of thioether (sulfide) groups is 1. The molecule has 1 atom stereocenters. The summed E-state index contributed by atoms with van der Waals surface area (Å²) in [6, 6.07) is 5.92. The largest absolute Gasteiger partial charge is 0.371 e. The predicted octanol–water partition coefficient (Wildman–Crippen LogP) is 3.58. The third-order valence-corrected chi connectivity index (χ3v) is 7.02. The van der Waals surface area contributed by atoms with E-state index in [0.717, 1.165) is 43.8 Å². The number of nitrogens with zero attached hydrogens (tertiary/aromatic N) is 2. The molecule has 5 heteroatoms. The molecule has 4 rings (SSSR count). The Labute approximate surface area is 154 Å². The van der Waals surface area contributed by atoms with Gasteiger partial charge < -0.3 is 9.64 Å². The predicted molar refractivity (Wildman–Crippen MR) is 100 cm³/mol. The topological polar surface area (TPSA) is 42.4 Å². The fourth-order valence-corrected chi connectivity index (χ4v) is 5.57. The minimum Gasteiger partial charge on any atom is -0.371 e. The van der Waals surface area contributed by atoms with Crippen molar-refractivity contribution in [2.24, 2.45) is 0 Å². The number of amides is 1. The van der Waals surface area contributed by atoms with Gasteiger partial charge in [0, 0.05) is 31.5 Å². The van der Waals surface area contributed by atoms with Gasteiger partial charge >= 0.3 is 0 Å². The van der Waals surface area contributed by atoms with Crippen molar-refractivity contribution in [1.29, 1.82) is 0 Å². The van der Waals surface area contributed by atoms with Crippen LogP contribution in [0.4, 0.5) is 0 Å². The Hall–Kier alpha value is -1.33. The summed E-state index contributed by atoms with van der Waals surface area (Å²) in [7, 11) is 0. The van der Waals surface area contributed by atoms with E-state index in [-0.39, 0.29) is 10.9 Å². The molecule has 3 aliphatic rings. The van der Waals surface area contributed by atoms with Crippen LogP contribution in [0.5, 0.6) is 0 Å². The van der Waals surface area contributed by atoms with Crippen LogP contribution in [0, 0.1) is 0 Å². The number of likely N-dealkylation sites (tertiary alicyclic amines) is 1. The zero-order valence-corrected chi connectivity index (χ0v) is 15.5. The Morgan fingerprint density at radius 1 is 1.36 bits per heavy atom. The van der Waals surface area contributed by atoms with E-state index in [4.69, 9.17) is 4.74 Å². The van der Waals surface area contributed by atoms with Gasteiger partial charge in [0.25, 0.3) is 0 Å². The molecule has 0 saturated carbocycles. The summed E-state index contributed by atoms with van der Waals surface area (Å²) in [5.41, 5.74) is 2.34. The van der Waals surface area contributed by atoms with Crippen molar-refractivity contribution in [3.8, 4) is 0 Å². The number of hydrogen-bond donors (Lipinski definition) is 0. The lowest BCUT2D eigenvalue weighted by Gasteiger charge is -2.47. The molecule has 2 saturated heterocycles. The lowest BCUT2D eigenvalue weighted by atomic mass is 9.91. The van der Waals surface area contributed by atoms with Crippen LogP contribution < -0.4 is 0 Å². The van der Waals surface area contributed by atoms with Crippen molar-refractivity contribution in [2.75, 3.05) is 18.8 Å². The average Bonchev–Trinajstić information content (AvgIpc) is 3.05. The molecule has 0 radical (unpaired) electrons. The van der Waals surface area contributed by atoms with E-state index in [1.165, 1.54) is 18.4 Å². The van der Waals surface area contributed by atoms with Crippen LogP contribution >= 0.6 is 11.8 Å². The molecule has 2 fully saturated rings. The molecule has 1 aliphatic carbocycles. The summed E-state index contributed by atoms with van der Waals surface area (Å²) in [6.45, 7) is 2.37. The Balaban J connectivity index is 1.21. The minimum atomic E-state index is 0.241. The molecule has 1 amide bonds. The maximum Gasteiger partial charge on any atom is 0.226 e. The highest BCUT2D eigenvalue weighted by molar-refractivity contribution is 8.01. The van der Waals surface area contributed by atoms with Crippen molar-refractivity contribution < 1.29 is 9.53 Å². The summed E-state index contributed by atoms with van der Waals surface area (Å²) in [6.07, 6.45) is 10.8. The molecule has 25 heavy (non-hydrogen) atoms. The summed E-state index contributed by atoms with van der Waals surface area (Å²) >= 11 is 1.99. The van der Waals surface area contributed by atoms with Crippen LogP contribution in [0.3, 0.4) is 0 Å². The van der Waals surface area contributed by atoms with Crippen LogP contribution in [0.25, 0.3) is 0 Å².